The molecule has 2 aromatic heterocycles. The molecule has 5 N–H and O–H groups in total. The first-order valence-electron chi connectivity index (χ1n) is 12.9. The number of esters is 1. The largest absolute Gasteiger partial charge is 0.465 e. The highest BCUT2D eigenvalue weighted by Gasteiger charge is 2.36. The van der Waals surface area contributed by atoms with Gasteiger partial charge >= 0.3 is 5.97 Å². The van der Waals surface area contributed by atoms with Crippen molar-refractivity contribution in [3.63, 3.8) is 0 Å². The molecule has 1 aliphatic rings. The van der Waals surface area contributed by atoms with E-state index in [-0.39, 0.29) is 17.6 Å². The fraction of sp³-hybridized carbons (Fsp3) is 0.357. The fourth-order valence-electron chi connectivity index (χ4n) is 5.29. The zero-order chi connectivity index (χ0) is 27.7. The van der Waals surface area contributed by atoms with Crippen molar-refractivity contribution < 1.29 is 25.3 Å². The fourth-order valence-corrected chi connectivity index (χ4v) is 5.53. The standard InChI is InChI=1S/C28H31ClN6O4/c1-33-25(19-5-3-18(14-30)4-6-19)23-24(32-33)26(36)35(17-31-23)16-28(38)9-11-34(12-10-28)15-21-8-7-20(13-22(21)29)27(37)39-2/h3-8,13,17,38H,9-12,14-16,30H2,1-2H3/p+2. The van der Waals surface area contributed by atoms with E-state index in [1.54, 1.807) is 23.9 Å². The minimum absolute atomic E-state index is 0.154. The van der Waals surface area contributed by atoms with Crippen LogP contribution in [0.2, 0.25) is 5.02 Å². The molecule has 0 radical (unpaired) electrons. The molecule has 0 saturated carbocycles. The van der Waals surface area contributed by atoms with Crippen LogP contribution in [0.3, 0.4) is 0 Å². The van der Waals surface area contributed by atoms with Crippen LogP contribution in [-0.4, -0.2) is 56.2 Å². The van der Waals surface area contributed by atoms with Crippen LogP contribution in [0.25, 0.3) is 22.3 Å². The van der Waals surface area contributed by atoms with Crippen LogP contribution < -0.4 is 16.2 Å². The summed E-state index contributed by atoms with van der Waals surface area (Å²) in [5.74, 6) is -0.424. The Labute approximate surface area is 230 Å². The normalized spacial score (nSPS) is 19.4. The van der Waals surface area contributed by atoms with Crippen LogP contribution in [0.4, 0.5) is 0 Å². The van der Waals surface area contributed by atoms with Gasteiger partial charge in [0.05, 0.1) is 61.5 Å². The highest BCUT2D eigenvalue weighted by atomic mass is 35.5. The molecule has 0 atom stereocenters. The van der Waals surface area contributed by atoms with Crippen LogP contribution in [0.1, 0.15) is 34.3 Å². The van der Waals surface area contributed by atoms with Crippen molar-refractivity contribution in [3.8, 4) is 11.3 Å². The summed E-state index contributed by atoms with van der Waals surface area (Å²) in [4.78, 5) is 31.0. The number of halogens is 1. The number of quaternary nitrogens is 2. The highest BCUT2D eigenvalue weighted by molar-refractivity contribution is 6.31. The number of hydrogen-bond acceptors (Lipinski definition) is 6. The Bertz CT molecular complexity index is 1570. The quantitative estimate of drug-likeness (QED) is 0.288. The second-order valence-corrected chi connectivity index (χ2v) is 10.7. The van der Waals surface area contributed by atoms with Crippen LogP contribution in [0.15, 0.2) is 53.6 Å². The number of nitrogens with one attached hydrogen (secondary N) is 1. The van der Waals surface area contributed by atoms with Gasteiger partial charge in [-0.3, -0.25) is 14.0 Å². The number of aromatic nitrogens is 4. The summed E-state index contributed by atoms with van der Waals surface area (Å²) in [6, 6.07) is 13.2. The molecular weight excluding hydrogens is 520 g/mol. The zero-order valence-corrected chi connectivity index (χ0v) is 22.9. The lowest BCUT2D eigenvalue weighted by Crippen LogP contribution is -3.12. The number of methoxy groups -OCH3 is 1. The number of ether oxygens (including phenoxy) is 1. The van der Waals surface area contributed by atoms with E-state index >= 15 is 0 Å². The number of benzene rings is 2. The lowest BCUT2D eigenvalue weighted by molar-refractivity contribution is -0.921. The molecule has 204 valence electrons. The summed E-state index contributed by atoms with van der Waals surface area (Å²) in [5, 5.41) is 16.4. The maximum atomic E-state index is 13.4. The molecule has 4 aromatic rings. The predicted octanol–water partition coefficient (Wildman–Crippen LogP) is 0.589. The summed E-state index contributed by atoms with van der Waals surface area (Å²) < 4.78 is 7.91. The number of likely N-dealkylation sites (tertiary alicyclic amines) is 1. The third-order valence-corrected chi connectivity index (χ3v) is 7.95. The maximum Gasteiger partial charge on any atom is 0.337 e. The molecule has 3 heterocycles. The van der Waals surface area contributed by atoms with Gasteiger partial charge in [-0.2, -0.15) is 5.10 Å². The Hall–Kier alpha value is -3.57. The second kappa shape index (κ2) is 10.9. The molecule has 0 aliphatic carbocycles. The Balaban J connectivity index is 1.29. The first kappa shape index (κ1) is 27.0. The van der Waals surface area contributed by atoms with Crippen LogP contribution >= 0.6 is 11.6 Å². The molecule has 5 rings (SSSR count). The Kier molecular flexibility index (Phi) is 7.55. The Morgan fingerprint density at radius 1 is 1.18 bits per heavy atom. The molecule has 2 aromatic carbocycles. The van der Waals surface area contributed by atoms with Crippen LogP contribution in [-0.2, 0) is 31.4 Å². The molecule has 1 saturated heterocycles. The van der Waals surface area contributed by atoms with E-state index in [0.717, 1.165) is 22.4 Å². The molecular formula is C28H33ClN6O4+2. The molecule has 0 bridgehead atoms. The summed E-state index contributed by atoms with van der Waals surface area (Å²) in [5.41, 5.74) is 7.63. The number of carbonyl (C=O) groups is 1. The number of fused-ring (bicyclic) bond motifs is 1. The summed E-state index contributed by atoms with van der Waals surface area (Å²) in [6.07, 6.45) is 2.56. The van der Waals surface area contributed by atoms with Gasteiger partial charge in [0.2, 0.25) is 0 Å². The van der Waals surface area contributed by atoms with Crippen LogP contribution in [0, 0.1) is 0 Å². The molecule has 0 spiro atoms. The SMILES string of the molecule is COC(=O)c1ccc(C[NH+]2CCC(O)(Cn3cnc4c(-c5ccc(C[NH3+])cc5)n(C)nc4c3=O)CC2)c(Cl)c1. The van der Waals surface area contributed by atoms with E-state index in [4.69, 9.17) is 16.3 Å². The summed E-state index contributed by atoms with van der Waals surface area (Å²) in [7, 11) is 3.14. The number of aliphatic hydroxyl groups is 1. The number of piperidine rings is 1. The summed E-state index contributed by atoms with van der Waals surface area (Å²) in [6.45, 7) is 2.96. The van der Waals surface area contributed by atoms with Gasteiger partial charge in [0.25, 0.3) is 5.56 Å². The first-order valence-corrected chi connectivity index (χ1v) is 13.3. The zero-order valence-electron chi connectivity index (χ0n) is 22.1. The van der Waals surface area contributed by atoms with Gasteiger partial charge in [-0.25, -0.2) is 9.78 Å². The molecule has 10 nitrogen and oxygen atoms in total. The Morgan fingerprint density at radius 2 is 1.90 bits per heavy atom. The number of carbonyl (C=O) groups excluding carboxylic acids is 1. The molecule has 1 fully saturated rings. The van der Waals surface area contributed by atoms with Crippen molar-refractivity contribution in [1.82, 2.24) is 19.3 Å². The average molecular weight is 553 g/mol. The van der Waals surface area contributed by atoms with E-state index in [9.17, 15) is 14.7 Å². The topological polar surface area (TPSA) is 131 Å². The van der Waals surface area contributed by atoms with Gasteiger partial charge in [-0.15, -0.1) is 0 Å². The van der Waals surface area contributed by atoms with Crippen LogP contribution in [0.5, 0.6) is 0 Å². The molecule has 11 heteroatoms. The smallest absolute Gasteiger partial charge is 0.337 e. The average Bonchev–Trinajstić information content (AvgIpc) is 3.28. The third-order valence-electron chi connectivity index (χ3n) is 7.60. The third kappa shape index (κ3) is 5.46. The van der Waals surface area contributed by atoms with Crippen molar-refractivity contribution >= 4 is 28.6 Å². The number of aryl methyl sites for hydroxylation is 1. The predicted molar refractivity (Wildman–Crippen MR) is 146 cm³/mol. The van der Waals surface area contributed by atoms with E-state index in [1.165, 1.54) is 22.9 Å². The van der Waals surface area contributed by atoms with Crippen molar-refractivity contribution in [2.75, 3.05) is 20.2 Å². The summed E-state index contributed by atoms with van der Waals surface area (Å²) >= 11 is 6.42. The molecule has 0 amide bonds. The van der Waals surface area contributed by atoms with Crippen molar-refractivity contribution in [2.24, 2.45) is 7.05 Å². The minimum Gasteiger partial charge on any atom is -0.465 e. The molecule has 1 aliphatic heterocycles. The first-order chi connectivity index (χ1) is 18.7. The van der Waals surface area contributed by atoms with Gasteiger partial charge < -0.3 is 20.5 Å². The van der Waals surface area contributed by atoms with E-state index in [2.05, 4.69) is 15.8 Å². The lowest BCUT2D eigenvalue weighted by atomic mass is 9.91. The molecule has 39 heavy (non-hydrogen) atoms. The van der Waals surface area contributed by atoms with E-state index < -0.39 is 11.6 Å². The van der Waals surface area contributed by atoms with Gasteiger partial charge in [-0.1, -0.05) is 41.9 Å². The highest BCUT2D eigenvalue weighted by Crippen LogP contribution is 2.26. The number of hydrogen-bond donors (Lipinski definition) is 3. The van der Waals surface area contributed by atoms with Crippen molar-refractivity contribution in [1.29, 1.82) is 0 Å². The number of nitrogens with zero attached hydrogens (tertiary/aromatic N) is 4. The van der Waals surface area contributed by atoms with Crippen molar-refractivity contribution in [2.45, 2.75) is 38.1 Å². The monoisotopic (exact) mass is 552 g/mol. The Morgan fingerprint density at radius 3 is 2.54 bits per heavy atom. The molecule has 0 unspecified atom stereocenters. The van der Waals surface area contributed by atoms with Gasteiger partial charge in [-0.05, 0) is 12.1 Å². The minimum atomic E-state index is -1.02. The number of rotatable bonds is 7. The van der Waals surface area contributed by atoms with Gasteiger partial charge in [0.15, 0.2) is 5.52 Å². The van der Waals surface area contributed by atoms with E-state index in [0.29, 0.717) is 55.1 Å². The van der Waals surface area contributed by atoms with Gasteiger partial charge in [0.1, 0.15) is 12.1 Å². The maximum absolute atomic E-state index is 13.4. The van der Waals surface area contributed by atoms with E-state index in [1.807, 2.05) is 30.3 Å². The van der Waals surface area contributed by atoms with Crippen molar-refractivity contribution in [3.05, 3.63) is 80.9 Å². The van der Waals surface area contributed by atoms with Gasteiger partial charge in [0, 0.05) is 36.6 Å². The lowest BCUT2D eigenvalue weighted by Gasteiger charge is -2.36. The second-order valence-electron chi connectivity index (χ2n) is 10.2.